The van der Waals surface area contributed by atoms with Crippen LogP contribution in [-0.4, -0.2) is 41.0 Å². The summed E-state index contributed by atoms with van der Waals surface area (Å²) < 4.78 is 24.1. The van der Waals surface area contributed by atoms with Gasteiger partial charge in [0.15, 0.2) is 22.0 Å². The predicted octanol–water partition coefficient (Wildman–Crippen LogP) is 2.74. The molecule has 0 spiro atoms. The van der Waals surface area contributed by atoms with E-state index in [1.807, 2.05) is 0 Å². The zero-order chi connectivity index (χ0) is 18.2. The molecule has 1 atom stereocenters. The Morgan fingerprint density at radius 2 is 2.12 bits per heavy atom. The third-order valence-corrected chi connectivity index (χ3v) is 4.89. The van der Waals surface area contributed by atoms with E-state index in [-0.39, 0.29) is 22.6 Å². The minimum Gasteiger partial charge on any atom is -0.478 e. The van der Waals surface area contributed by atoms with Crippen molar-refractivity contribution in [2.24, 2.45) is 0 Å². The minimum atomic E-state index is -0.869. The standard InChI is InChI=1S/C15H16FN3O4S2/c1-3-10(23-11-7-5-4-6-9(11)16)13(21)17-14-18-19-15(25-14)24-8-12(20)22-2/h4-7,10H,3,8H2,1-2H3,(H,17,18,21)/t10-/m0/s1. The van der Waals surface area contributed by atoms with Crippen LogP contribution < -0.4 is 10.1 Å². The van der Waals surface area contributed by atoms with Crippen LogP contribution in [0.25, 0.3) is 0 Å². The predicted molar refractivity (Wildman–Crippen MR) is 92.4 cm³/mol. The number of nitrogens with one attached hydrogen (secondary N) is 1. The summed E-state index contributed by atoms with van der Waals surface area (Å²) in [5.41, 5.74) is 0. The highest BCUT2D eigenvalue weighted by molar-refractivity contribution is 8.01. The number of nitrogens with zero attached hydrogens (tertiary/aromatic N) is 2. The van der Waals surface area contributed by atoms with Crippen molar-refractivity contribution in [3.63, 3.8) is 0 Å². The first-order valence-corrected chi connectivity index (χ1v) is 9.08. The van der Waals surface area contributed by atoms with Crippen LogP contribution in [0, 0.1) is 5.82 Å². The molecule has 1 N–H and O–H groups in total. The summed E-state index contributed by atoms with van der Waals surface area (Å²) in [5, 5.41) is 10.6. The summed E-state index contributed by atoms with van der Waals surface area (Å²) in [6.45, 7) is 1.75. The summed E-state index contributed by atoms with van der Waals surface area (Å²) >= 11 is 2.28. The quantitative estimate of drug-likeness (QED) is 0.424. The molecule has 0 saturated heterocycles. The lowest BCUT2D eigenvalue weighted by atomic mass is 10.2. The van der Waals surface area contributed by atoms with Gasteiger partial charge in [0, 0.05) is 0 Å². The molecule has 1 heterocycles. The lowest BCUT2D eigenvalue weighted by Crippen LogP contribution is -2.32. The molecule has 0 radical (unpaired) electrons. The number of carbonyl (C=O) groups excluding carboxylic acids is 2. The van der Waals surface area contributed by atoms with Gasteiger partial charge in [0.25, 0.3) is 5.91 Å². The van der Waals surface area contributed by atoms with Crippen molar-refractivity contribution < 1.29 is 23.5 Å². The first-order chi connectivity index (χ1) is 12.0. The SMILES string of the molecule is CC[C@H](Oc1ccccc1F)C(=O)Nc1nnc(SCC(=O)OC)s1. The molecule has 0 aliphatic heterocycles. The van der Waals surface area contributed by atoms with Crippen molar-refractivity contribution >= 4 is 40.1 Å². The Morgan fingerprint density at radius 1 is 1.36 bits per heavy atom. The van der Waals surface area contributed by atoms with Gasteiger partial charge in [0.05, 0.1) is 12.9 Å². The molecule has 10 heteroatoms. The molecule has 0 saturated carbocycles. The van der Waals surface area contributed by atoms with Crippen LogP contribution in [0.15, 0.2) is 28.6 Å². The normalized spacial score (nSPS) is 11.6. The van der Waals surface area contributed by atoms with Gasteiger partial charge < -0.3 is 9.47 Å². The maximum absolute atomic E-state index is 13.6. The molecule has 25 heavy (non-hydrogen) atoms. The highest BCUT2D eigenvalue weighted by atomic mass is 32.2. The van der Waals surface area contributed by atoms with Gasteiger partial charge in [-0.3, -0.25) is 14.9 Å². The first-order valence-electron chi connectivity index (χ1n) is 7.28. The average Bonchev–Trinajstić information content (AvgIpc) is 3.06. The molecular formula is C15H16FN3O4S2. The largest absolute Gasteiger partial charge is 0.478 e. The van der Waals surface area contributed by atoms with Crippen LogP contribution in [0.5, 0.6) is 5.75 Å². The fourth-order valence-corrected chi connectivity index (χ4v) is 3.29. The Morgan fingerprint density at radius 3 is 2.80 bits per heavy atom. The van der Waals surface area contributed by atoms with E-state index in [9.17, 15) is 14.0 Å². The lowest BCUT2D eigenvalue weighted by molar-refractivity contribution is -0.137. The highest BCUT2D eigenvalue weighted by Gasteiger charge is 2.21. The van der Waals surface area contributed by atoms with E-state index in [2.05, 4.69) is 20.3 Å². The lowest BCUT2D eigenvalue weighted by Gasteiger charge is -2.16. The van der Waals surface area contributed by atoms with E-state index >= 15 is 0 Å². The monoisotopic (exact) mass is 385 g/mol. The number of carbonyl (C=O) groups is 2. The molecule has 1 aromatic heterocycles. The van der Waals surface area contributed by atoms with Crippen molar-refractivity contribution in [2.45, 2.75) is 23.8 Å². The maximum atomic E-state index is 13.6. The number of aromatic nitrogens is 2. The highest BCUT2D eigenvalue weighted by Crippen LogP contribution is 2.26. The van der Waals surface area contributed by atoms with Crippen molar-refractivity contribution in [2.75, 3.05) is 18.2 Å². The molecule has 2 aromatic rings. The second-order valence-corrected chi connectivity index (χ2v) is 6.87. The summed E-state index contributed by atoms with van der Waals surface area (Å²) in [4.78, 5) is 23.4. The summed E-state index contributed by atoms with van der Waals surface area (Å²) in [7, 11) is 1.30. The van der Waals surface area contributed by atoms with Crippen LogP contribution in [-0.2, 0) is 14.3 Å². The fourth-order valence-electron chi connectivity index (χ4n) is 1.70. The fraction of sp³-hybridized carbons (Fsp3) is 0.333. The minimum absolute atomic E-state index is 0.0103. The van der Waals surface area contributed by atoms with Crippen molar-refractivity contribution in [3.8, 4) is 5.75 Å². The van der Waals surface area contributed by atoms with E-state index in [0.29, 0.717) is 10.8 Å². The molecule has 0 bridgehead atoms. The molecule has 1 amide bonds. The van der Waals surface area contributed by atoms with Crippen LogP contribution in [0.3, 0.4) is 0 Å². The number of thioether (sulfide) groups is 1. The molecule has 0 aliphatic carbocycles. The number of anilines is 1. The Balaban J connectivity index is 1.94. The topological polar surface area (TPSA) is 90.4 Å². The van der Waals surface area contributed by atoms with Gasteiger partial charge in [-0.1, -0.05) is 42.2 Å². The zero-order valence-corrected chi connectivity index (χ0v) is 15.2. The van der Waals surface area contributed by atoms with Gasteiger partial charge in [-0.25, -0.2) is 4.39 Å². The summed E-state index contributed by atoms with van der Waals surface area (Å²) in [6.07, 6.45) is -0.518. The number of halogens is 1. The number of benzene rings is 1. The van der Waals surface area contributed by atoms with Crippen LogP contribution in [0.2, 0.25) is 0 Å². The van der Waals surface area contributed by atoms with Crippen molar-refractivity contribution in [3.05, 3.63) is 30.1 Å². The van der Waals surface area contributed by atoms with E-state index < -0.39 is 17.8 Å². The van der Waals surface area contributed by atoms with E-state index in [1.54, 1.807) is 13.0 Å². The second-order valence-electron chi connectivity index (χ2n) is 4.67. The summed E-state index contributed by atoms with van der Waals surface area (Å²) in [5.74, 6) is -1.25. The van der Waals surface area contributed by atoms with E-state index in [1.165, 1.54) is 25.3 Å². The Kier molecular flexibility index (Phi) is 7.14. The number of hydrogen-bond acceptors (Lipinski definition) is 8. The molecular weight excluding hydrogens is 369 g/mol. The van der Waals surface area contributed by atoms with Crippen LogP contribution >= 0.6 is 23.1 Å². The molecule has 0 unspecified atom stereocenters. The third kappa shape index (κ3) is 5.68. The zero-order valence-electron chi connectivity index (χ0n) is 13.5. The third-order valence-electron chi connectivity index (χ3n) is 2.95. The van der Waals surface area contributed by atoms with Crippen molar-refractivity contribution in [1.29, 1.82) is 0 Å². The number of hydrogen-bond donors (Lipinski definition) is 1. The van der Waals surface area contributed by atoms with Crippen molar-refractivity contribution in [1.82, 2.24) is 10.2 Å². The van der Waals surface area contributed by atoms with E-state index in [0.717, 1.165) is 23.1 Å². The molecule has 134 valence electrons. The number of amides is 1. The Hall–Kier alpha value is -2.20. The molecule has 2 rings (SSSR count). The number of methoxy groups -OCH3 is 1. The maximum Gasteiger partial charge on any atom is 0.316 e. The van der Waals surface area contributed by atoms with Crippen LogP contribution in [0.1, 0.15) is 13.3 Å². The van der Waals surface area contributed by atoms with Gasteiger partial charge in [-0.15, -0.1) is 10.2 Å². The molecule has 7 nitrogen and oxygen atoms in total. The Labute approximate surface area is 151 Å². The van der Waals surface area contributed by atoms with Gasteiger partial charge >= 0.3 is 5.97 Å². The summed E-state index contributed by atoms with van der Waals surface area (Å²) in [6, 6.07) is 5.88. The molecule has 1 aromatic carbocycles. The van der Waals surface area contributed by atoms with Gasteiger partial charge in [0.2, 0.25) is 5.13 Å². The number of rotatable bonds is 8. The van der Waals surface area contributed by atoms with Gasteiger partial charge in [0.1, 0.15) is 0 Å². The van der Waals surface area contributed by atoms with Gasteiger partial charge in [-0.05, 0) is 18.6 Å². The number of para-hydroxylation sites is 1. The Bertz CT molecular complexity index is 741. The number of esters is 1. The van der Waals surface area contributed by atoms with Gasteiger partial charge in [-0.2, -0.15) is 0 Å². The number of ether oxygens (including phenoxy) is 2. The van der Waals surface area contributed by atoms with Crippen LogP contribution in [0.4, 0.5) is 9.52 Å². The molecule has 0 fully saturated rings. The first kappa shape index (κ1) is 19.1. The average molecular weight is 385 g/mol. The second kappa shape index (κ2) is 9.33. The van der Waals surface area contributed by atoms with E-state index in [4.69, 9.17) is 4.74 Å². The smallest absolute Gasteiger partial charge is 0.316 e. The molecule has 0 aliphatic rings.